The summed E-state index contributed by atoms with van der Waals surface area (Å²) >= 11 is 7.11. The van der Waals surface area contributed by atoms with E-state index in [9.17, 15) is 10.1 Å². The zero-order valence-electron chi connectivity index (χ0n) is 14.4. The summed E-state index contributed by atoms with van der Waals surface area (Å²) in [5.74, 6) is -0.258. The number of carbonyl (C=O) groups is 1. The molecule has 0 saturated heterocycles. The molecule has 1 amide bonds. The smallest absolute Gasteiger partial charge is 0.234 e. The molecule has 1 heterocycles. The molecule has 2 atom stereocenters. The molecule has 25 heavy (non-hydrogen) atoms. The first-order valence-corrected chi connectivity index (χ1v) is 8.97. The molecular formula is C16H19ClN6OS. The van der Waals surface area contributed by atoms with Gasteiger partial charge in [-0.3, -0.25) is 4.79 Å². The molecule has 1 aromatic heterocycles. The van der Waals surface area contributed by atoms with Gasteiger partial charge >= 0.3 is 0 Å². The third-order valence-corrected chi connectivity index (χ3v) is 5.22. The molecule has 0 aliphatic rings. The van der Waals surface area contributed by atoms with Crippen molar-refractivity contribution in [1.82, 2.24) is 25.5 Å². The van der Waals surface area contributed by atoms with Crippen LogP contribution < -0.4 is 5.32 Å². The molecule has 1 aromatic carbocycles. The van der Waals surface area contributed by atoms with E-state index < -0.39 is 10.8 Å². The zero-order valence-corrected chi connectivity index (χ0v) is 16.0. The molecule has 0 saturated carbocycles. The van der Waals surface area contributed by atoms with Crippen molar-refractivity contribution in [3.63, 3.8) is 0 Å². The predicted molar refractivity (Wildman–Crippen MR) is 96.5 cm³/mol. The number of carbonyl (C=O) groups excluding carboxylic acids is 1. The molecule has 0 aliphatic carbocycles. The summed E-state index contributed by atoms with van der Waals surface area (Å²) in [6.07, 6.45) is 0. The van der Waals surface area contributed by atoms with E-state index in [1.807, 2.05) is 13.8 Å². The van der Waals surface area contributed by atoms with E-state index in [-0.39, 0.29) is 11.8 Å². The Kier molecular flexibility index (Phi) is 6.03. The third-order valence-electron chi connectivity index (χ3n) is 3.93. The maximum absolute atomic E-state index is 12.5. The Morgan fingerprint density at radius 1 is 1.36 bits per heavy atom. The van der Waals surface area contributed by atoms with E-state index in [0.717, 1.165) is 5.69 Å². The molecular weight excluding hydrogens is 360 g/mol. The normalized spacial score (nSPS) is 14.6. The summed E-state index contributed by atoms with van der Waals surface area (Å²) in [5, 5.41) is 24.4. The van der Waals surface area contributed by atoms with Gasteiger partial charge in [-0.1, -0.05) is 37.2 Å². The number of hydrogen-bond donors (Lipinski definition) is 1. The Labute approximate surface area is 155 Å². The highest BCUT2D eigenvalue weighted by molar-refractivity contribution is 8.00. The van der Waals surface area contributed by atoms with Crippen molar-refractivity contribution >= 4 is 29.3 Å². The quantitative estimate of drug-likeness (QED) is 0.776. The average Bonchev–Trinajstić information content (AvgIpc) is 3.03. The first kappa shape index (κ1) is 19.2. The number of nitrogens with zero attached hydrogens (tertiary/aromatic N) is 5. The van der Waals surface area contributed by atoms with E-state index >= 15 is 0 Å². The standard InChI is InChI=1S/C16H19ClN6OS/c1-10(2)16(4,9-18)19-14(24)11(3)25-15-20-21-22-23(15)13-7-5-12(17)6-8-13/h5-8,10-11H,1-4H3,(H,19,24)/t11-,16-/m0/s1. The fourth-order valence-electron chi connectivity index (χ4n) is 1.87. The molecule has 0 bridgehead atoms. The monoisotopic (exact) mass is 378 g/mol. The predicted octanol–water partition coefficient (Wildman–Crippen LogP) is 2.85. The highest BCUT2D eigenvalue weighted by Gasteiger charge is 2.32. The van der Waals surface area contributed by atoms with E-state index in [0.29, 0.717) is 10.2 Å². The number of tetrazole rings is 1. The van der Waals surface area contributed by atoms with Gasteiger partial charge < -0.3 is 5.32 Å². The van der Waals surface area contributed by atoms with Crippen LogP contribution in [0.3, 0.4) is 0 Å². The molecule has 7 nitrogen and oxygen atoms in total. The highest BCUT2D eigenvalue weighted by atomic mass is 35.5. The number of amides is 1. The lowest BCUT2D eigenvalue weighted by Gasteiger charge is -2.28. The Morgan fingerprint density at radius 3 is 2.56 bits per heavy atom. The number of aromatic nitrogens is 4. The molecule has 0 aliphatic heterocycles. The van der Waals surface area contributed by atoms with Crippen molar-refractivity contribution in [3.8, 4) is 11.8 Å². The van der Waals surface area contributed by atoms with E-state index in [4.69, 9.17) is 11.6 Å². The summed E-state index contributed by atoms with van der Waals surface area (Å²) in [5.41, 5.74) is -0.179. The highest BCUT2D eigenvalue weighted by Crippen LogP contribution is 2.25. The fourth-order valence-corrected chi connectivity index (χ4v) is 2.80. The van der Waals surface area contributed by atoms with Crippen LogP contribution in [-0.2, 0) is 4.79 Å². The van der Waals surface area contributed by atoms with Crippen LogP contribution in [0.5, 0.6) is 0 Å². The van der Waals surface area contributed by atoms with Gasteiger partial charge in [0.25, 0.3) is 0 Å². The minimum absolute atomic E-state index is 0.0157. The Hall–Kier alpha value is -2.11. The van der Waals surface area contributed by atoms with Crippen molar-refractivity contribution < 1.29 is 4.79 Å². The van der Waals surface area contributed by atoms with Crippen LogP contribution in [0.2, 0.25) is 5.02 Å². The number of nitrogens with one attached hydrogen (secondary N) is 1. The van der Waals surface area contributed by atoms with Crippen LogP contribution in [0.1, 0.15) is 27.7 Å². The number of benzene rings is 1. The van der Waals surface area contributed by atoms with Gasteiger partial charge in [-0.2, -0.15) is 9.94 Å². The molecule has 0 radical (unpaired) electrons. The summed E-state index contributed by atoms with van der Waals surface area (Å²) in [6, 6.07) is 9.23. The van der Waals surface area contributed by atoms with Gasteiger partial charge in [-0.05, 0) is 54.5 Å². The SMILES string of the molecule is CC(C)[C@](C)(C#N)NC(=O)[C@H](C)Sc1nnnn1-c1ccc(Cl)cc1. The van der Waals surface area contributed by atoms with Crippen LogP contribution in [0.15, 0.2) is 29.4 Å². The van der Waals surface area contributed by atoms with Crippen molar-refractivity contribution in [2.45, 2.75) is 43.6 Å². The fraction of sp³-hybridized carbons (Fsp3) is 0.438. The lowest BCUT2D eigenvalue weighted by atomic mass is 9.90. The van der Waals surface area contributed by atoms with Gasteiger partial charge in [0, 0.05) is 5.02 Å². The number of nitriles is 1. The lowest BCUT2D eigenvalue weighted by molar-refractivity contribution is -0.121. The van der Waals surface area contributed by atoms with Gasteiger partial charge in [0.15, 0.2) is 0 Å². The van der Waals surface area contributed by atoms with Gasteiger partial charge in [0.1, 0.15) is 5.54 Å². The minimum Gasteiger partial charge on any atom is -0.337 e. The first-order valence-electron chi connectivity index (χ1n) is 7.71. The van der Waals surface area contributed by atoms with Crippen LogP contribution in [0, 0.1) is 17.2 Å². The van der Waals surface area contributed by atoms with Crippen LogP contribution in [0.25, 0.3) is 5.69 Å². The summed E-state index contributed by atoms with van der Waals surface area (Å²) < 4.78 is 1.54. The maximum Gasteiger partial charge on any atom is 0.234 e. The van der Waals surface area contributed by atoms with Gasteiger partial charge in [-0.15, -0.1) is 5.10 Å². The Balaban J connectivity index is 2.13. The van der Waals surface area contributed by atoms with E-state index in [2.05, 4.69) is 26.9 Å². The zero-order chi connectivity index (χ0) is 18.6. The molecule has 1 N–H and O–H groups in total. The van der Waals surface area contributed by atoms with E-state index in [1.165, 1.54) is 16.4 Å². The van der Waals surface area contributed by atoms with Crippen LogP contribution in [-0.4, -0.2) is 36.9 Å². The molecule has 0 spiro atoms. The van der Waals surface area contributed by atoms with Crippen molar-refractivity contribution in [2.75, 3.05) is 0 Å². The van der Waals surface area contributed by atoms with Gasteiger partial charge in [0.2, 0.25) is 11.1 Å². The third kappa shape index (κ3) is 4.50. The molecule has 0 unspecified atom stereocenters. The first-order chi connectivity index (χ1) is 11.8. The number of halogens is 1. The van der Waals surface area contributed by atoms with Crippen molar-refractivity contribution in [2.24, 2.45) is 5.92 Å². The number of rotatable bonds is 6. The number of hydrogen-bond acceptors (Lipinski definition) is 6. The Bertz CT molecular complexity index is 785. The van der Waals surface area contributed by atoms with Gasteiger partial charge in [0.05, 0.1) is 17.0 Å². The van der Waals surface area contributed by atoms with Crippen LogP contribution >= 0.6 is 23.4 Å². The second-order valence-electron chi connectivity index (χ2n) is 6.07. The summed E-state index contributed by atoms with van der Waals surface area (Å²) in [6.45, 7) is 7.24. The number of thioether (sulfide) groups is 1. The molecule has 132 valence electrons. The van der Waals surface area contributed by atoms with Crippen molar-refractivity contribution in [3.05, 3.63) is 29.3 Å². The topological polar surface area (TPSA) is 96.5 Å². The minimum atomic E-state index is -0.923. The second-order valence-corrected chi connectivity index (χ2v) is 7.81. The lowest BCUT2D eigenvalue weighted by Crippen LogP contribution is -2.51. The molecule has 2 aromatic rings. The largest absolute Gasteiger partial charge is 0.337 e. The molecule has 9 heteroatoms. The molecule has 0 fully saturated rings. The van der Waals surface area contributed by atoms with Crippen LogP contribution in [0.4, 0.5) is 0 Å². The molecule has 2 rings (SSSR count). The summed E-state index contributed by atoms with van der Waals surface area (Å²) in [7, 11) is 0. The van der Waals surface area contributed by atoms with E-state index in [1.54, 1.807) is 38.1 Å². The Morgan fingerprint density at radius 2 is 2.00 bits per heavy atom. The van der Waals surface area contributed by atoms with Gasteiger partial charge in [-0.25, -0.2) is 0 Å². The maximum atomic E-state index is 12.5. The average molecular weight is 379 g/mol. The second kappa shape index (κ2) is 7.85. The van der Waals surface area contributed by atoms with Crippen molar-refractivity contribution in [1.29, 1.82) is 5.26 Å². The summed E-state index contributed by atoms with van der Waals surface area (Å²) in [4.78, 5) is 12.5.